The van der Waals surface area contributed by atoms with E-state index in [1.165, 1.54) is 0 Å². The molecule has 0 radical (unpaired) electrons. The normalized spacial score (nSPS) is 23.4. The first-order valence-electron chi connectivity index (χ1n) is 11.3. The smallest absolute Gasteiger partial charge is 0.119 e. The molecule has 0 spiro atoms. The molecule has 3 aromatic carbocycles. The second-order valence-corrected chi connectivity index (χ2v) is 8.92. The standard InChI is InChI=1S/C27H30ClNO4/c1-2-33-22-11-8-18(9-12-22)14-21-15-20(10-13-23(21)28)25-27(32)26(31)24(30)17-29(25)16-19-6-4-3-5-7-19/h3-13,15,24-27,30-32H,2,14,16-17H2,1H3/t24-,25+,26-,27-/m1/s1. The lowest BCUT2D eigenvalue weighted by Gasteiger charge is -2.44. The Balaban J connectivity index is 1.62. The van der Waals surface area contributed by atoms with E-state index in [1.807, 2.05) is 84.6 Å². The van der Waals surface area contributed by atoms with Crippen molar-refractivity contribution in [1.29, 1.82) is 0 Å². The minimum Gasteiger partial charge on any atom is -0.494 e. The van der Waals surface area contributed by atoms with Gasteiger partial charge >= 0.3 is 0 Å². The van der Waals surface area contributed by atoms with Gasteiger partial charge in [0.1, 0.15) is 18.0 Å². The Morgan fingerprint density at radius 3 is 2.33 bits per heavy atom. The average Bonchev–Trinajstić information content (AvgIpc) is 2.82. The van der Waals surface area contributed by atoms with Gasteiger partial charge in [-0.2, -0.15) is 0 Å². The molecule has 174 valence electrons. The van der Waals surface area contributed by atoms with Gasteiger partial charge in [-0.05, 0) is 53.8 Å². The molecule has 0 unspecified atom stereocenters. The molecule has 1 fully saturated rings. The fraction of sp³-hybridized carbons (Fsp3) is 0.333. The zero-order chi connectivity index (χ0) is 23.4. The molecule has 0 saturated carbocycles. The second kappa shape index (κ2) is 10.7. The van der Waals surface area contributed by atoms with Gasteiger partial charge in [0.05, 0.1) is 18.8 Å². The molecule has 0 bridgehead atoms. The van der Waals surface area contributed by atoms with E-state index in [9.17, 15) is 15.3 Å². The minimum atomic E-state index is -1.22. The van der Waals surface area contributed by atoms with Crippen molar-refractivity contribution < 1.29 is 20.1 Å². The number of likely N-dealkylation sites (tertiary alicyclic amines) is 1. The monoisotopic (exact) mass is 467 g/mol. The molecule has 4 atom stereocenters. The summed E-state index contributed by atoms with van der Waals surface area (Å²) >= 11 is 6.53. The lowest BCUT2D eigenvalue weighted by molar-refractivity contribution is -0.140. The van der Waals surface area contributed by atoms with Crippen molar-refractivity contribution in [3.8, 4) is 5.75 Å². The largest absolute Gasteiger partial charge is 0.494 e. The molecule has 3 N–H and O–H groups in total. The number of nitrogens with zero attached hydrogens (tertiary/aromatic N) is 1. The molecular weight excluding hydrogens is 438 g/mol. The number of piperidine rings is 1. The summed E-state index contributed by atoms with van der Waals surface area (Å²) in [5.74, 6) is 0.829. The number of rotatable bonds is 7. The Hall–Kier alpha value is -2.41. The molecule has 0 aliphatic carbocycles. The molecule has 0 aromatic heterocycles. The molecular formula is C27H30ClNO4. The predicted molar refractivity (Wildman–Crippen MR) is 129 cm³/mol. The summed E-state index contributed by atoms with van der Waals surface area (Å²) in [6, 6.07) is 23.1. The van der Waals surface area contributed by atoms with E-state index in [4.69, 9.17) is 16.3 Å². The maximum atomic E-state index is 10.9. The van der Waals surface area contributed by atoms with Crippen molar-refractivity contribution in [1.82, 2.24) is 4.90 Å². The molecule has 6 heteroatoms. The van der Waals surface area contributed by atoms with E-state index in [2.05, 4.69) is 0 Å². The number of halogens is 1. The summed E-state index contributed by atoms with van der Waals surface area (Å²) in [5, 5.41) is 32.3. The van der Waals surface area contributed by atoms with Crippen molar-refractivity contribution >= 4 is 11.6 Å². The highest BCUT2D eigenvalue weighted by Gasteiger charge is 2.42. The van der Waals surface area contributed by atoms with Crippen LogP contribution in [0.25, 0.3) is 0 Å². The van der Waals surface area contributed by atoms with Crippen molar-refractivity contribution in [3.63, 3.8) is 0 Å². The summed E-state index contributed by atoms with van der Waals surface area (Å²) < 4.78 is 5.52. The number of aliphatic hydroxyl groups is 3. The maximum Gasteiger partial charge on any atom is 0.119 e. The third-order valence-electron chi connectivity index (χ3n) is 6.15. The second-order valence-electron chi connectivity index (χ2n) is 8.51. The third kappa shape index (κ3) is 5.57. The van der Waals surface area contributed by atoms with Crippen LogP contribution in [0.2, 0.25) is 5.02 Å². The van der Waals surface area contributed by atoms with Gasteiger partial charge in [0.2, 0.25) is 0 Å². The van der Waals surface area contributed by atoms with Crippen LogP contribution in [0, 0.1) is 0 Å². The summed E-state index contributed by atoms with van der Waals surface area (Å²) in [4.78, 5) is 2.02. The molecule has 1 aliphatic heterocycles. The molecule has 1 aliphatic rings. The molecule has 1 heterocycles. The van der Waals surface area contributed by atoms with Crippen LogP contribution < -0.4 is 4.74 Å². The van der Waals surface area contributed by atoms with Crippen LogP contribution in [0.4, 0.5) is 0 Å². The number of hydrogen-bond acceptors (Lipinski definition) is 5. The summed E-state index contributed by atoms with van der Waals surface area (Å²) in [6.45, 7) is 3.38. The van der Waals surface area contributed by atoms with E-state index in [0.717, 1.165) is 28.0 Å². The van der Waals surface area contributed by atoms with Crippen molar-refractivity contribution in [2.75, 3.05) is 13.2 Å². The Bertz CT molecular complexity index is 1040. The highest BCUT2D eigenvalue weighted by atomic mass is 35.5. The Labute approximate surface area is 199 Å². The Morgan fingerprint density at radius 2 is 1.64 bits per heavy atom. The zero-order valence-electron chi connectivity index (χ0n) is 18.6. The van der Waals surface area contributed by atoms with Gasteiger partial charge < -0.3 is 20.1 Å². The maximum absolute atomic E-state index is 10.9. The first kappa shape index (κ1) is 23.7. The van der Waals surface area contributed by atoms with Crippen molar-refractivity contribution in [2.24, 2.45) is 0 Å². The van der Waals surface area contributed by atoms with E-state index < -0.39 is 24.4 Å². The number of aliphatic hydroxyl groups excluding tert-OH is 3. The first-order valence-corrected chi connectivity index (χ1v) is 11.7. The van der Waals surface area contributed by atoms with Crippen LogP contribution in [-0.2, 0) is 13.0 Å². The number of hydrogen-bond donors (Lipinski definition) is 3. The van der Waals surface area contributed by atoms with Gasteiger partial charge in [-0.3, -0.25) is 4.90 Å². The van der Waals surface area contributed by atoms with Gasteiger partial charge in [0.25, 0.3) is 0 Å². The fourth-order valence-corrected chi connectivity index (χ4v) is 4.67. The van der Waals surface area contributed by atoms with Crippen LogP contribution >= 0.6 is 11.6 Å². The number of ether oxygens (including phenoxy) is 1. The molecule has 3 aromatic rings. The van der Waals surface area contributed by atoms with Crippen LogP contribution in [0.3, 0.4) is 0 Å². The average molecular weight is 468 g/mol. The van der Waals surface area contributed by atoms with Gasteiger partial charge in [-0.25, -0.2) is 0 Å². The van der Waals surface area contributed by atoms with Crippen LogP contribution in [0.15, 0.2) is 72.8 Å². The molecule has 4 rings (SSSR count). The van der Waals surface area contributed by atoms with E-state index in [0.29, 0.717) is 24.6 Å². The van der Waals surface area contributed by atoms with Gasteiger partial charge in [0, 0.05) is 18.1 Å². The van der Waals surface area contributed by atoms with Gasteiger partial charge in [-0.15, -0.1) is 0 Å². The zero-order valence-corrected chi connectivity index (χ0v) is 19.4. The molecule has 5 nitrogen and oxygen atoms in total. The highest BCUT2D eigenvalue weighted by molar-refractivity contribution is 6.31. The van der Waals surface area contributed by atoms with E-state index in [-0.39, 0.29) is 6.54 Å². The lowest BCUT2D eigenvalue weighted by atomic mass is 9.87. The Morgan fingerprint density at radius 1 is 0.909 bits per heavy atom. The van der Waals surface area contributed by atoms with Crippen molar-refractivity contribution in [3.05, 3.63) is 100 Å². The lowest BCUT2D eigenvalue weighted by Crippen LogP contribution is -2.56. The summed E-state index contributed by atoms with van der Waals surface area (Å²) in [5.41, 5.74) is 3.96. The van der Waals surface area contributed by atoms with E-state index in [1.54, 1.807) is 0 Å². The van der Waals surface area contributed by atoms with Crippen LogP contribution in [0.1, 0.15) is 35.2 Å². The topological polar surface area (TPSA) is 73.2 Å². The minimum absolute atomic E-state index is 0.259. The molecule has 33 heavy (non-hydrogen) atoms. The van der Waals surface area contributed by atoms with E-state index >= 15 is 0 Å². The summed E-state index contributed by atoms with van der Waals surface area (Å²) in [7, 11) is 0. The van der Waals surface area contributed by atoms with Gasteiger partial charge in [-0.1, -0.05) is 66.2 Å². The predicted octanol–water partition coefficient (Wildman–Crippen LogP) is 3.97. The van der Waals surface area contributed by atoms with Crippen LogP contribution in [-0.4, -0.2) is 51.7 Å². The first-order chi connectivity index (χ1) is 16.0. The van der Waals surface area contributed by atoms with Crippen molar-refractivity contribution in [2.45, 2.75) is 44.2 Å². The number of β-amino-alcohol motifs (C(OH)–C–C–N with tert-alkyl or cyclic N) is 1. The van der Waals surface area contributed by atoms with Crippen LogP contribution in [0.5, 0.6) is 5.75 Å². The summed E-state index contributed by atoms with van der Waals surface area (Å²) in [6.07, 6.45) is -2.73. The quantitative estimate of drug-likeness (QED) is 0.490. The SMILES string of the molecule is CCOc1ccc(Cc2cc([C@H]3[C@@H](O)[C@H](O)[C@H](O)CN3Cc3ccccc3)ccc2Cl)cc1. The molecule has 1 saturated heterocycles. The molecule has 0 amide bonds. The third-order valence-corrected chi connectivity index (χ3v) is 6.52. The highest BCUT2D eigenvalue weighted by Crippen LogP contribution is 2.35. The van der Waals surface area contributed by atoms with Gasteiger partial charge in [0.15, 0.2) is 0 Å². The fourth-order valence-electron chi connectivity index (χ4n) is 4.49. The Kier molecular flexibility index (Phi) is 7.68. The number of benzene rings is 3.